The van der Waals surface area contributed by atoms with Crippen LogP contribution >= 0.6 is 0 Å². The van der Waals surface area contributed by atoms with E-state index in [1.54, 1.807) is 49.6 Å². The summed E-state index contributed by atoms with van der Waals surface area (Å²) in [6, 6.07) is 12.7. The normalized spacial score (nSPS) is 15.6. The molecule has 0 N–H and O–H groups in total. The van der Waals surface area contributed by atoms with Gasteiger partial charge in [0.2, 0.25) is 5.91 Å². The first-order valence-electron chi connectivity index (χ1n) is 15.4. The quantitative estimate of drug-likeness (QED) is 0.234. The van der Waals surface area contributed by atoms with Crippen LogP contribution in [0.2, 0.25) is 0 Å². The predicted molar refractivity (Wildman–Crippen MR) is 167 cm³/mol. The molecule has 12 nitrogen and oxygen atoms in total. The number of aryl methyl sites for hydroxylation is 2. The van der Waals surface area contributed by atoms with E-state index in [1.165, 1.54) is 47.4 Å². The molecule has 7 rings (SSSR count). The van der Waals surface area contributed by atoms with E-state index in [9.17, 15) is 22.8 Å². The summed E-state index contributed by atoms with van der Waals surface area (Å²) in [5, 5.41) is 9.09. The Labute approximate surface area is 261 Å². The van der Waals surface area contributed by atoms with Crippen molar-refractivity contribution in [1.29, 1.82) is 0 Å². The van der Waals surface area contributed by atoms with E-state index in [0.717, 1.165) is 8.65 Å². The third kappa shape index (κ3) is 3.93. The number of hydrogen-bond donors (Lipinski definition) is 0. The van der Waals surface area contributed by atoms with E-state index >= 15 is 0 Å². The SMILES string of the molecule is [2H]C([2H])([2H])n1ncc2cc(-c3c(-c4cnn(C)c4)n(S(=O)(=O)c4ccccc4)c4ncc5c(c34)C(CC=O)(CC=O)C(=O)N5C)ccc21. The highest BCUT2D eigenvalue weighted by Gasteiger charge is 2.52. The highest BCUT2D eigenvalue weighted by Crippen LogP contribution is 2.53. The van der Waals surface area contributed by atoms with Gasteiger partial charge in [0.15, 0.2) is 5.65 Å². The second-order valence-corrected chi connectivity index (χ2v) is 12.7. The van der Waals surface area contributed by atoms with Gasteiger partial charge in [-0.3, -0.25) is 14.2 Å². The molecule has 5 heterocycles. The minimum Gasteiger partial charge on any atom is -0.313 e. The van der Waals surface area contributed by atoms with Crippen LogP contribution in [0.4, 0.5) is 5.69 Å². The van der Waals surface area contributed by atoms with Crippen LogP contribution in [0.1, 0.15) is 22.5 Å². The van der Waals surface area contributed by atoms with Gasteiger partial charge in [-0.1, -0.05) is 24.3 Å². The number of hydrogen-bond acceptors (Lipinski definition) is 8. The summed E-state index contributed by atoms with van der Waals surface area (Å²) < 4.78 is 56.6. The zero-order valence-corrected chi connectivity index (χ0v) is 24.9. The third-order valence-electron chi connectivity index (χ3n) is 8.46. The minimum absolute atomic E-state index is 0.0319. The highest BCUT2D eigenvalue weighted by molar-refractivity contribution is 7.90. The molecule has 13 heteroatoms. The van der Waals surface area contributed by atoms with Gasteiger partial charge in [0.25, 0.3) is 10.0 Å². The first-order chi connectivity index (χ1) is 22.8. The summed E-state index contributed by atoms with van der Waals surface area (Å²) in [7, 11) is -1.20. The molecule has 4 aromatic heterocycles. The van der Waals surface area contributed by atoms with Gasteiger partial charge in [-0.05, 0) is 29.8 Å². The van der Waals surface area contributed by atoms with Crippen molar-refractivity contribution in [3.05, 3.63) is 78.9 Å². The lowest BCUT2D eigenvalue weighted by Gasteiger charge is -2.24. The molecule has 0 saturated carbocycles. The van der Waals surface area contributed by atoms with Crippen molar-refractivity contribution in [2.45, 2.75) is 23.2 Å². The van der Waals surface area contributed by atoms with Gasteiger partial charge >= 0.3 is 0 Å². The molecule has 0 atom stereocenters. The lowest BCUT2D eigenvalue weighted by molar-refractivity contribution is -0.127. The van der Waals surface area contributed by atoms with Gasteiger partial charge in [-0.15, -0.1) is 0 Å². The number of carbonyl (C=O) groups excluding carboxylic acids is 3. The van der Waals surface area contributed by atoms with E-state index in [4.69, 9.17) is 4.11 Å². The van der Waals surface area contributed by atoms with Crippen LogP contribution in [0.25, 0.3) is 44.3 Å². The van der Waals surface area contributed by atoms with Crippen molar-refractivity contribution in [1.82, 2.24) is 28.5 Å². The molecule has 2 aromatic carbocycles. The van der Waals surface area contributed by atoms with Gasteiger partial charge in [-0.25, -0.2) is 17.4 Å². The fourth-order valence-corrected chi connectivity index (χ4v) is 7.95. The molecule has 0 aliphatic carbocycles. The summed E-state index contributed by atoms with van der Waals surface area (Å²) in [5.41, 5.74) is 0.585. The Balaban J connectivity index is 1.72. The summed E-state index contributed by atoms with van der Waals surface area (Å²) in [6.45, 7) is -2.55. The topological polar surface area (TPSA) is 142 Å². The first kappa shape index (κ1) is 25.0. The fraction of sp³-hybridized carbons (Fsp3) is 0.188. The molecule has 0 fully saturated rings. The summed E-state index contributed by atoms with van der Waals surface area (Å²) in [4.78, 5) is 44.3. The Morgan fingerprint density at radius 2 is 1.71 bits per heavy atom. The number of anilines is 1. The Bertz CT molecular complexity index is 2400. The maximum Gasteiger partial charge on any atom is 0.269 e. The van der Waals surface area contributed by atoms with E-state index < -0.39 is 28.3 Å². The van der Waals surface area contributed by atoms with Gasteiger partial charge < -0.3 is 14.5 Å². The number of rotatable bonds is 8. The molecule has 6 aromatic rings. The fourth-order valence-electron chi connectivity index (χ4n) is 6.44. The Hall–Kier alpha value is -5.43. The molecule has 0 saturated heterocycles. The average Bonchev–Trinajstić information content (AvgIpc) is 3.81. The van der Waals surface area contributed by atoms with Gasteiger partial charge in [-0.2, -0.15) is 10.2 Å². The second kappa shape index (κ2) is 10.1. The molecule has 0 spiro atoms. The average molecular weight is 625 g/mol. The Kier molecular flexibility index (Phi) is 5.58. The van der Waals surface area contributed by atoms with Crippen molar-refractivity contribution in [2.75, 3.05) is 11.9 Å². The van der Waals surface area contributed by atoms with Crippen LogP contribution in [0, 0.1) is 0 Å². The Morgan fingerprint density at radius 3 is 2.38 bits per heavy atom. The predicted octanol–water partition coefficient (Wildman–Crippen LogP) is 3.62. The van der Waals surface area contributed by atoms with Crippen LogP contribution < -0.4 is 4.90 Å². The van der Waals surface area contributed by atoms with E-state index in [2.05, 4.69) is 15.2 Å². The first-order valence-corrected chi connectivity index (χ1v) is 15.3. The largest absolute Gasteiger partial charge is 0.313 e. The number of fused-ring (bicyclic) bond motifs is 4. The number of aldehydes is 2. The lowest BCUT2D eigenvalue weighted by atomic mass is 9.75. The third-order valence-corrected chi connectivity index (χ3v) is 10.2. The highest BCUT2D eigenvalue weighted by atomic mass is 32.2. The Morgan fingerprint density at radius 1 is 0.956 bits per heavy atom. The van der Waals surface area contributed by atoms with Gasteiger partial charge in [0, 0.05) is 71.7 Å². The van der Waals surface area contributed by atoms with Crippen molar-refractivity contribution < 1.29 is 26.9 Å². The number of benzene rings is 2. The number of aromatic nitrogens is 6. The zero-order valence-electron chi connectivity index (χ0n) is 27.1. The van der Waals surface area contributed by atoms with Crippen LogP contribution in [0.5, 0.6) is 0 Å². The van der Waals surface area contributed by atoms with Gasteiger partial charge in [0.1, 0.15) is 12.6 Å². The van der Waals surface area contributed by atoms with Crippen LogP contribution in [-0.4, -0.2) is 62.5 Å². The van der Waals surface area contributed by atoms with Crippen molar-refractivity contribution >= 4 is 56.1 Å². The maximum atomic E-state index is 14.7. The second-order valence-electron chi connectivity index (χ2n) is 10.9. The molecule has 1 aliphatic rings. The zero-order chi connectivity index (χ0) is 34.2. The molecule has 1 aliphatic heterocycles. The van der Waals surface area contributed by atoms with Crippen molar-refractivity contribution in [3.8, 4) is 22.4 Å². The lowest BCUT2D eigenvalue weighted by Crippen LogP contribution is -2.39. The van der Waals surface area contributed by atoms with Gasteiger partial charge in [0.05, 0.1) is 45.8 Å². The molecular weight excluding hydrogens is 594 g/mol. The van der Waals surface area contributed by atoms with Crippen molar-refractivity contribution in [2.24, 2.45) is 14.0 Å². The molecule has 0 unspecified atom stereocenters. The summed E-state index contributed by atoms with van der Waals surface area (Å²) in [5.74, 6) is -0.507. The minimum atomic E-state index is -4.40. The monoisotopic (exact) mass is 624 g/mol. The number of pyridine rings is 1. The number of nitrogens with zero attached hydrogens (tertiary/aromatic N) is 7. The van der Waals surface area contributed by atoms with Crippen LogP contribution in [-0.2, 0) is 43.8 Å². The number of carbonyl (C=O) groups is 3. The van der Waals surface area contributed by atoms with Crippen molar-refractivity contribution in [3.63, 3.8) is 0 Å². The van der Waals surface area contributed by atoms with E-state index in [1.807, 2.05) is 0 Å². The van der Waals surface area contributed by atoms with E-state index in [0.29, 0.717) is 51.4 Å². The summed E-state index contributed by atoms with van der Waals surface area (Å²) >= 11 is 0. The number of amides is 1. The molecule has 226 valence electrons. The molecule has 0 bridgehead atoms. The van der Waals surface area contributed by atoms with Crippen LogP contribution in [0.3, 0.4) is 0 Å². The number of likely N-dealkylation sites (N-methyl/N-ethyl adjacent to an activating group) is 1. The molecular formula is C32H27N7O5S. The molecule has 0 radical (unpaired) electrons. The molecule has 45 heavy (non-hydrogen) atoms. The van der Waals surface area contributed by atoms with E-state index in [-0.39, 0.29) is 34.5 Å². The standard InChI is InChI=1S/C32H27N7O5S/c1-36-19-22(17-34-36)29-26(20-9-10-24-21(15-20)16-35-38(24)3)27-28-25(37(2)31(42)32(28,11-13-40)12-14-41)18-33-30(27)39(29)45(43,44)23-7-5-4-6-8-23/h4-10,13-19H,11-12H2,1-3H3/i3D3. The smallest absolute Gasteiger partial charge is 0.269 e. The summed E-state index contributed by atoms with van der Waals surface area (Å²) in [6.07, 6.45) is 6.38. The molecule has 1 amide bonds. The van der Waals surface area contributed by atoms with Crippen LogP contribution in [0.15, 0.2) is 78.2 Å². The maximum absolute atomic E-state index is 14.7.